The van der Waals surface area contributed by atoms with Crippen LogP contribution in [0.25, 0.3) is 0 Å². The molecule has 0 saturated carbocycles. The van der Waals surface area contributed by atoms with E-state index >= 15 is 0 Å². The van der Waals surface area contributed by atoms with Crippen molar-refractivity contribution in [3.8, 4) is 5.88 Å². The number of hydrogen-bond acceptors (Lipinski definition) is 5. The fourth-order valence-electron chi connectivity index (χ4n) is 1.72. The summed E-state index contributed by atoms with van der Waals surface area (Å²) in [6, 6.07) is 3.18. The third-order valence-electron chi connectivity index (χ3n) is 2.94. The van der Waals surface area contributed by atoms with E-state index in [1.54, 1.807) is 19.1 Å². The van der Waals surface area contributed by atoms with Crippen LogP contribution in [0.5, 0.6) is 5.88 Å². The number of rotatable bonds is 3. The van der Waals surface area contributed by atoms with Gasteiger partial charge in [-0.2, -0.15) is 8.42 Å². The van der Waals surface area contributed by atoms with Crippen LogP contribution in [0.2, 0.25) is 0 Å². The molecule has 21 heavy (non-hydrogen) atoms. The van der Waals surface area contributed by atoms with E-state index in [2.05, 4.69) is 8.75 Å². The third-order valence-corrected chi connectivity index (χ3v) is 7.06. The molecule has 1 aromatic heterocycles. The lowest BCUT2D eigenvalue weighted by Gasteiger charge is -2.31. The van der Waals surface area contributed by atoms with Gasteiger partial charge in [-0.1, -0.05) is 3.77 Å². The number of anilines is 1. The van der Waals surface area contributed by atoms with E-state index in [0.717, 1.165) is 4.31 Å². The van der Waals surface area contributed by atoms with E-state index in [-0.39, 0.29) is 18.5 Å². The number of pyridine rings is 1. The standard InChI is InChI=1S/C11H18N4O4S2/c1-9-8-15(10-6-5-7-12-11(10)19-9)21(17,18)13-20(4,16)14(2)3/h5-7,9H,8H2,1-4H3. The molecule has 1 aromatic rings. The zero-order valence-electron chi connectivity index (χ0n) is 12.3. The molecule has 0 fully saturated rings. The van der Waals surface area contributed by atoms with Gasteiger partial charge in [-0.3, -0.25) is 0 Å². The molecule has 0 bridgehead atoms. The largest absolute Gasteiger partial charge is 0.471 e. The molecule has 1 aliphatic heterocycles. The summed E-state index contributed by atoms with van der Waals surface area (Å²) in [5.41, 5.74) is 0.299. The van der Waals surface area contributed by atoms with Crippen LogP contribution in [0.15, 0.2) is 22.1 Å². The van der Waals surface area contributed by atoms with Gasteiger partial charge in [0.15, 0.2) is 0 Å². The minimum absolute atomic E-state index is 0.0907. The van der Waals surface area contributed by atoms with Gasteiger partial charge in [0.25, 0.3) is 0 Å². The van der Waals surface area contributed by atoms with E-state index in [9.17, 15) is 12.6 Å². The predicted molar refractivity (Wildman–Crippen MR) is 80.8 cm³/mol. The zero-order chi connectivity index (χ0) is 15.8. The first-order valence-corrected chi connectivity index (χ1v) is 9.46. The Morgan fingerprint density at radius 2 is 2.10 bits per heavy atom. The van der Waals surface area contributed by atoms with Gasteiger partial charge in [0.1, 0.15) is 21.7 Å². The second kappa shape index (κ2) is 5.43. The Bertz CT molecular complexity index is 753. The van der Waals surface area contributed by atoms with E-state index in [0.29, 0.717) is 5.69 Å². The molecule has 0 amide bonds. The Kier molecular flexibility index (Phi) is 4.13. The number of ether oxygens (including phenoxy) is 1. The quantitative estimate of drug-likeness (QED) is 0.802. The Balaban J connectivity index is 2.54. The fraction of sp³-hybridized carbons (Fsp3) is 0.545. The van der Waals surface area contributed by atoms with Crippen LogP contribution in [0.3, 0.4) is 0 Å². The summed E-state index contributed by atoms with van der Waals surface area (Å²) in [5.74, 6) is 0.225. The SMILES string of the molecule is CC1CN(S(=O)(=O)N=S(C)(=O)N(C)C)c2cccnc2O1. The van der Waals surface area contributed by atoms with Gasteiger partial charge in [0, 0.05) is 26.5 Å². The molecule has 1 aliphatic rings. The van der Waals surface area contributed by atoms with Crippen molar-refractivity contribution >= 4 is 25.8 Å². The summed E-state index contributed by atoms with van der Waals surface area (Å²) in [7, 11) is -4.09. The lowest BCUT2D eigenvalue weighted by atomic mass is 10.3. The molecule has 0 aliphatic carbocycles. The van der Waals surface area contributed by atoms with Gasteiger partial charge in [0.2, 0.25) is 5.88 Å². The highest BCUT2D eigenvalue weighted by atomic mass is 32.3. The molecule has 0 radical (unpaired) electrons. The molecule has 2 rings (SSSR count). The molecule has 0 aromatic carbocycles. The van der Waals surface area contributed by atoms with Crippen LogP contribution in [0.4, 0.5) is 5.69 Å². The van der Waals surface area contributed by atoms with Crippen molar-refractivity contribution < 1.29 is 17.4 Å². The van der Waals surface area contributed by atoms with E-state index in [4.69, 9.17) is 4.74 Å². The van der Waals surface area contributed by atoms with Gasteiger partial charge in [-0.15, -0.1) is 0 Å². The predicted octanol–water partition coefficient (Wildman–Crippen LogP) is 0.488. The minimum atomic E-state index is -4.11. The van der Waals surface area contributed by atoms with E-state index < -0.39 is 20.1 Å². The van der Waals surface area contributed by atoms with Gasteiger partial charge in [0.05, 0.1) is 6.54 Å². The molecule has 2 unspecified atom stereocenters. The highest BCUT2D eigenvalue weighted by molar-refractivity contribution is 8.02. The normalized spacial score (nSPS) is 21.4. The molecular weight excluding hydrogens is 316 g/mol. The highest BCUT2D eigenvalue weighted by Gasteiger charge is 2.33. The second-order valence-electron chi connectivity index (χ2n) is 4.91. The zero-order valence-corrected chi connectivity index (χ0v) is 13.9. The van der Waals surface area contributed by atoms with E-state index in [1.165, 1.54) is 30.9 Å². The summed E-state index contributed by atoms with van der Waals surface area (Å²) in [5, 5.41) is 0. The Hall–Kier alpha value is -1.39. The Labute approximate surface area is 125 Å². The van der Waals surface area contributed by atoms with Crippen LogP contribution >= 0.6 is 0 Å². The fourth-order valence-corrected chi connectivity index (χ4v) is 4.76. The number of hydrogen-bond donors (Lipinski definition) is 0. The van der Waals surface area contributed by atoms with Gasteiger partial charge >= 0.3 is 10.2 Å². The maximum Gasteiger partial charge on any atom is 0.353 e. The second-order valence-corrected chi connectivity index (χ2v) is 9.10. The van der Waals surface area contributed by atoms with Gasteiger partial charge in [-0.05, 0) is 19.1 Å². The highest BCUT2D eigenvalue weighted by Crippen LogP contribution is 2.33. The van der Waals surface area contributed by atoms with Crippen LogP contribution in [0.1, 0.15) is 6.92 Å². The van der Waals surface area contributed by atoms with Crippen LogP contribution in [-0.4, -0.2) is 54.9 Å². The van der Waals surface area contributed by atoms with Crippen molar-refractivity contribution in [3.05, 3.63) is 18.3 Å². The van der Waals surface area contributed by atoms with Gasteiger partial charge in [-0.25, -0.2) is 17.8 Å². The summed E-state index contributed by atoms with van der Waals surface area (Å²) in [4.78, 5) is 4.01. The molecule has 0 N–H and O–H groups in total. The maximum atomic E-state index is 12.5. The van der Waals surface area contributed by atoms with Crippen molar-refractivity contribution in [2.45, 2.75) is 13.0 Å². The van der Waals surface area contributed by atoms with Crippen molar-refractivity contribution in [3.63, 3.8) is 0 Å². The van der Waals surface area contributed by atoms with Crippen LogP contribution < -0.4 is 9.04 Å². The molecule has 10 heteroatoms. The van der Waals surface area contributed by atoms with Crippen molar-refractivity contribution in [1.29, 1.82) is 0 Å². The molecule has 2 heterocycles. The van der Waals surface area contributed by atoms with Gasteiger partial charge < -0.3 is 4.74 Å². The molecule has 0 saturated heterocycles. The lowest BCUT2D eigenvalue weighted by molar-refractivity contribution is 0.210. The summed E-state index contributed by atoms with van der Waals surface area (Å²) in [6.07, 6.45) is 2.42. The summed E-state index contributed by atoms with van der Waals surface area (Å²) in [6.45, 7) is 1.82. The summed E-state index contributed by atoms with van der Waals surface area (Å²) >= 11 is 0. The average molecular weight is 334 g/mol. The lowest BCUT2D eigenvalue weighted by Crippen LogP contribution is -2.42. The Morgan fingerprint density at radius 1 is 1.43 bits per heavy atom. The smallest absolute Gasteiger partial charge is 0.353 e. The average Bonchev–Trinajstić information content (AvgIpc) is 2.36. The summed E-state index contributed by atoms with van der Waals surface area (Å²) < 4.78 is 48.6. The van der Waals surface area contributed by atoms with Crippen molar-refractivity contribution in [2.24, 2.45) is 3.77 Å². The monoisotopic (exact) mass is 334 g/mol. The first kappa shape index (κ1) is 16.0. The first-order valence-electron chi connectivity index (χ1n) is 6.19. The van der Waals surface area contributed by atoms with Crippen LogP contribution in [0, 0.1) is 0 Å². The molecule has 2 atom stereocenters. The number of nitrogens with zero attached hydrogens (tertiary/aromatic N) is 4. The molecule has 0 spiro atoms. The molecule has 8 nitrogen and oxygen atoms in total. The first-order chi connectivity index (χ1) is 9.63. The minimum Gasteiger partial charge on any atom is -0.471 e. The van der Waals surface area contributed by atoms with Crippen molar-refractivity contribution in [2.75, 3.05) is 31.2 Å². The Morgan fingerprint density at radius 3 is 2.71 bits per heavy atom. The number of aromatic nitrogens is 1. The van der Waals surface area contributed by atoms with E-state index in [1.807, 2.05) is 0 Å². The van der Waals surface area contributed by atoms with Crippen LogP contribution in [-0.2, 0) is 20.1 Å². The molecule has 118 valence electrons. The number of fused-ring (bicyclic) bond motifs is 1. The van der Waals surface area contributed by atoms with Crippen molar-refractivity contribution in [1.82, 2.24) is 9.29 Å². The maximum absolute atomic E-state index is 12.5. The third kappa shape index (κ3) is 3.27. The topological polar surface area (TPSA) is 92.2 Å². The molecular formula is C11H18N4O4S2.